The monoisotopic (exact) mass is 275 g/mol. The second-order valence-corrected chi connectivity index (χ2v) is 4.64. The number of aryl methyl sites for hydroxylation is 1. The topological polar surface area (TPSA) is 62.3 Å². The summed E-state index contributed by atoms with van der Waals surface area (Å²) in [7, 11) is 5.19. The molecule has 1 aromatic heterocycles. The third-order valence-electron chi connectivity index (χ3n) is 3.37. The van der Waals surface area contributed by atoms with Crippen molar-refractivity contribution in [1.29, 1.82) is 0 Å². The summed E-state index contributed by atoms with van der Waals surface area (Å²) in [6, 6.07) is 5.64. The van der Waals surface area contributed by atoms with E-state index < -0.39 is 0 Å². The van der Waals surface area contributed by atoms with E-state index in [4.69, 9.17) is 15.2 Å². The maximum atomic E-state index is 6.17. The van der Waals surface area contributed by atoms with Crippen LogP contribution in [0.3, 0.4) is 0 Å². The lowest BCUT2D eigenvalue weighted by Gasteiger charge is -2.09. The Hall–Kier alpha value is -2.17. The molecule has 5 heteroatoms. The second-order valence-electron chi connectivity index (χ2n) is 4.64. The van der Waals surface area contributed by atoms with E-state index in [9.17, 15) is 0 Å². The summed E-state index contributed by atoms with van der Waals surface area (Å²) in [5.41, 5.74) is 7.81. The molecule has 5 nitrogen and oxygen atoms in total. The van der Waals surface area contributed by atoms with Crippen LogP contribution >= 0.6 is 0 Å². The van der Waals surface area contributed by atoms with Gasteiger partial charge < -0.3 is 19.8 Å². The van der Waals surface area contributed by atoms with Crippen LogP contribution < -0.4 is 15.2 Å². The summed E-state index contributed by atoms with van der Waals surface area (Å²) in [5, 5.41) is 0. The Morgan fingerprint density at radius 3 is 2.60 bits per heavy atom. The van der Waals surface area contributed by atoms with Gasteiger partial charge >= 0.3 is 0 Å². The van der Waals surface area contributed by atoms with Crippen molar-refractivity contribution < 1.29 is 9.47 Å². The molecule has 1 heterocycles. The zero-order valence-electron chi connectivity index (χ0n) is 12.4. The summed E-state index contributed by atoms with van der Waals surface area (Å²) in [6.07, 6.45) is 1.93. The molecular formula is C15H21N3O2. The maximum Gasteiger partial charge on any atom is 0.132 e. The summed E-state index contributed by atoms with van der Waals surface area (Å²) >= 11 is 0. The first-order valence-corrected chi connectivity index (χ1v) is 6.65. The molecule has 0 aliphatic rings. The predicted molar refractivity (Wildman–Crippen MR) is 80.2 cm³/mol. The van der Waals surface area contributed by atoms with Gasteiger partial charge in [-0.2, -0.15) is 0 Å². The highest BCUT2D eigenvalue weighted by atomic mass is 16.5. The van der Waals surface area contributed by atoms with Crippen LogP contribution in [0.5, 0.6) is 11.5 Å². The molecular weight excluding hydrogens is 254 g/mol. The number of aromatic nitrogens is 2. The lowest BCUT2D eigenvalue weighted by atomic mass is 10.1. The summed E-state index contributed by atoms with van der Waals surface area (Å²) in [5.74, 6) is 3.08. The second kappa shape index (κ2) is 5.86. The fraction of sp³-hybridized carbons (Fsp3) is 0.400. The van der Waals surface area contributed by atoms with Crippen LogP contribution in [0, 0.1) is 0 Å². The molecule has 2 aromatic rings. The molecule has 0 spiro atoms. The van der Waals surface area contributed by atoms with E-state index in [2.05, 4.69) is 11.9 Å². The first-order chi connectivity index (χ1) is 9.62. The number of hydrogen-bond acceptors (Lipinski definition) is 4. The van der Waals surface area contributed by atoms with Crippen molar-refractivity contribution in [2.75, 3.05) is 20.0 Å². The Kier molecular flexibility index (Phi) is 4.17. The van der Waals surface area contributed by atoms with Gasteiger partial charge in [0, 0.05) is 25.1 Å². The Bertz CT molecular complexity index is 605. The van der Waals surface area contributed by atoms with Crippen LogP contribution in [0.4, 0.5) is 5.82 Å². The van der Waals surface area contributed by atoms with Crippen molar-refractivity contribution in [2.24, 2.45) is 7.05 Å². The van der Waals surface area contributed by atoms with E-state index in [0.29, 0.717) is 11.6 Å². The van der Waals surface area contributed by atoms with Crippen LogP contribution in [0.25, 0.3) is 11.3 Å². The number of benzene rings is 1. The number of ether oxygens (including phenoxy) is 2. The van der Waals surface area contributed by atoms with E-state index in [-0.39, 0.29) is 0 Å². The van der Waals surface area contributed by atoms with E-state index in [1.807, 2.05) is 29.8 Å². The van der Waals surface area contributed by atoms with Gasteiger partial charge in [0.05, 0.1) is 14.2 Å². The molecule has 0 aliphatic carbocycles. The average molecular weight is 275 g/mol. The lowest BCUT2D eigenvalue weighted by Crippen LogP contribution is -2.01. The molecule has 0 fully saturated rings. The number of methoxy groups -OCH3 is 2. The standard InChI is InChI=1S/C15H21N3O2/c1-5-6-13-17-14(15(16)18(13)2)11-8-7-10(19-3)9-12(11)20-4/h7-9H,5-6,16H2,1-4H3. The summed E-state index contributed by atoms with van der Waals surface area (Å²) in [4.78, 5) is 4.65. The summed E-state index contributed by atoms with van der Waals surface area (Å²) in [6.45, 7) is 2.12. The van der Waals surface area contributed by atoms with E-state index >= 15 is 0 Å². The minimum absolute atomic E-state index is 0.650. The van der Waals surface area contributed by atoms with Gasteiger partial charge in [-0.3, -0.25) is 0 Å². The van der Waals surface area contributed by atoms with Gasteiger partial charge in [-0.1, -0.05) is 6.92 Å². The molecule has 20 heavy (non-hydrogen) atoms. The molecule has 108 valence electrons. The maximum absolute atomic E-state index is 6.17. The molecule has 0 atom stereocenters. The minimum Gasteiger partial charge on any atom is -0.497 e. The molecule has 0 amide bonds. The number of nitrogens with zero attached hydrogens (tertiary/aromatic N) is 2. The van der Waals surface area contributed by atoms with Crippen molar-refractivity contribution in [3.05, 3.63) is 24.0 Å². The van der Waals surface area contributed by atoms with Crippen LogP contribution in [-0.2, 0) is 13.5 Å². The number of hydrogen-bond donors (Lipinski definition) is 1. The van der Waals surface area contributed by atoms with Crippen molar-refractivity contribution >= 4 is 5.82 Å². The van der Waals surface area contributed by atoms with Gasteiger partial charge in [0.25, 0.3) is 0 Å². The van der Waals surface area contributed by atoms with E-state index in [1.165, 1.54) is 0 Å². The molecule has 2 rings (SSSR count). The molecule has 0 unspecified atom stereocenters. The van der Waals surface area contributed by atoms with E-state index in [1.54, 1.807) is 14.2 Å². The smallest absolute Gasteiger partial charge is 0.132 e. The highest BCUT2D eigenvalue weighted by Gasteiger charge is 2.17. The van der Waals surface area contributed by atoms with Crippen molar-refractivity contribution in [1.82, 2.24) is 9.55 Å². The molecule has 2 N–H and O–H groups in total. The molecule has 0 radical (unpaired) electrons. The van der Waals surface area contributed by atoms with Gasteiger partial charge in [-0.15, -0.1) is 0 Å². The van der Waals surface area contributed by atoms with Gasteiger partial charge in [0.15, 0.2) is 0 Å². The van der Waals surface area contributed by atoms with Crippen molar-refractivity contribution in [3.8, 4) is 22.8 Å². The first kappa shape index (κ1) is 14.2. The fourth-order valence-electron chi connectivity index (χ4n) is 2.20. The lowest BCUT2D eigenvalue weighted by molar-refractivity contribution is 0.395. The molecule has 0 aliphatic heterocycles. The van der Waals surface area contributed by atoms with E-state index in [0.717, 1.165) is 35.7 Å². The quantitative estimate of drug-likeness (QED) is 0.911. The van der Waals surface area contributed by atoms with Gasteiger partial charge in [0.1, 0.15) is 28.8 Å². The number of nitrogen functional groups attached to an aromatic ring is 1. The number of nitrogens with two attached hydrogens (primary N) is 1. The third-order valence-corrected chi connectivity index (χ3v) is 3.37. The van der Waals surface area contributed by atoms with Gasteiger partial charge in [-0.05, 0) is 18.6 Å². The molecule has 0 bridgehead atoms. The number of anilines is 1. The Morgan fingerprint density at radius 1 is 1.25 bits per heavy atom. The van der Waals surface area contributed by atoms with Crippen LogP contribution in [0.15, 0.2) is 18.2 Å². The van der Waals surface area contributed by atoms with Crippen LogP contribution in [0.1, 0.15) is 19.2 Å². The number of rotatable bonds is 5. The van der Waals surface area contributed by atoms with Crippen molar-refractivity contribution in [2.45, 2.75) is 19.8 Å². The highest BCUT2D eigenvalue weighted by Crippen LogP contribution is 2.35. The Morgan fingerprint density at radius 2 is 2.00 bits per heavy atom. The largest absolute Gasteiger partial charge is 0.497 e. The number of imidazole rings is 1. The van der Waals surface area contributed by atoms with Crippen LogP contribution in [0.2, 0.25) is 0 Å². The van der Waals surface area contributed by atoms with Crippen LogP contribution in [-0.4, -0.2) is 23.8 Å². The highest BCUT2D eigenvalue weighted by molar-refractivity contribution is 5.76. The predicted octanol–water partition coefficient (Wildman–Crippen LogP) is 2.64. The van der Waals surface area contributed by atoms with Crippen molar-refractivity contribution in [3.63, 3.8) is 0 Å². The zero-order valence-corrected chi connectivity index (χ0v) is 12.4. The molecule has 0 saturated heterocycles. The zero-order chi connectivity index (χ0) is 14.7. The molecule has 1 aromatic carbocycles. The fourth-order valence-corrected chi connectivity index (χ4v) is 2.20. The SMILES string of the molecule is CCCc1nc(-c2ccc(OC)cc2OC)c(N)n1C. The molecule has 0 saturated carbocycles. The average Bonchev–Trinajstić information content (AvgIpc) is 2.75. The van der Waals surface area contributed by atoms with Gasteiger partial charge in [0.2, 0.25) is 0 Å². The Labute approximate surface area is 119 Å². The normalized spacial score (nSPS) is 10.6. The Balaban J connectivity index is 2.53. The minimum atomic E-state index is 0.650. The summed E-state index contributed by atoms with van der Waals surface area (Å²) < 4.78 is 12.6. The first-order valence-electron chi connectivity index (χ1n) is 6.65. The third kappa shape index (κ3) is 2.43. The van der Waals surface area contributed by atoms with Gasteiger partial charge in [-0.25, -0.2) is 4.98 Å².